The molecule has 0 heterocycles. The van der Waals surface area contributed by atoms with Crippen LogP contribution >= 0.6 is 0 Å². The summed E-state index contributed by atoms with van der Waals surface area (Å²) in [6.07, 6.45) is 9.73. The maximum atomic E-state index is 3.45. The summed E-state index contributed by atoms with van der Waals surface area (Å²) in [5.74, 6) is 4.42. The van der Waals surface area contributed by atoms with Crippen LogP contribution in [0.2, 0.25) is 0 Å². The van der Waals surface area contributed by atoms with Gasteiger partial charge >= 0.3 is 0 Å². The van der Waals surface area contributed by atoms with Crippen molar-refractivity contribution in [2.24, 2.45) is 29.6 Å². The first-order valence-corrected chi connectivity index (χ1v) is 8.43. The molecule has 0 saturated heterocycles. The molecule has 0 spiro atoms. The number of nitrogens with one attached hydrogen (secondary N) is 1. The predicted octanol–water partition coefficient (Wildman–Crippen LogP) is 4.64. The van der Waals surface area contributed by atoms with Gasteiger partial charge in [0.2, 0.25) is 0 Å². The second kappa shape index (κ2) is 6.43. The fourth-order valence-corrected chi connectivity index (χ4v) is 4.23. The highest BCUT2D eigenvalue weighted by Gasteiger charge is 2.41. The van der Waals surface area contributed by atoms with Gasteiger partial charge < -0.3 is 5.32 Å². The van der Waals surface area contributed by atoms with Gasteiger partial charge in [-0.3, -0.25) is 0 Å². The molecule has 5 atom stereocenters. The predicted molar refractivity (Wildman–Crippen MR) is 84.2 cm³/mol. The van der Waals surface area contributed by atoms with Crippen molar-refractivity contribution < 1.29 is 0 Å². The van der Waals surface area contributed by atoms with E-state index in [1.54, 1.807) is 5.57 Å². The largest absolute Gasteiger partial charge is 0.317 e. The van der Waals surface area contributed by atoms with Gasteiger partial charge in [0.1, 0.15) is 0 Å². The van der Waals surface area contributed by atoms with E-state index in [0.717, 1.165) is 29.6 Å². The van der Waals surface area contributed by atoms with Crippen LogP contribution in [-0.2, 0) is 0 Å². The summed E-state index contributed by atoms with van der Waals surface area (Å²) in [7, 11) is 2.10. The lowest BCUT2D eigenvalue weighted by atomic mass is 9.59. The molecule has 2 aliphatic carbocycles. The Hall–Kier alpha value is -0.300. The first-order chi connectivity index (χ1) is 9.10. The number of rotatable bonds is 6. The van der Waals surface area contributed by atoms with E-state index < -0.39 is 0 Å². The van der Waals surface area contributed by atoms with E-state index in [4.69, 9.17) is 0 Å². The molecule has 0 aromatic heterocycles. The highest BCUT2D eigenvalue weighted by molar-refractivity contribution is 5.16. The van der Waals surface area contributed by atoms with E-state index in [9.17, 15) is 0 Å². The van der Waals surface area contributed by atoms with Crippen molar-refractivity contribution in [3.8, 4) is 0 Å². The van der Waals surface area contributed by atoms with Gasteiger partial charge in [-0.1, -0.05) is 31.9 Å². The van der Waals surface area contributed by atoms with E-state index >= 15 is 0 Å². The Labute approximate surface area is 120 Å². The quantitative estimate of drug-likeness (QED) is 0.688. The molecule has 5 unspecified atom stereocenters. The molecule has 19 heavy (non-hydrogen) atoms. The summed E-state index contributed by atoms with van der Waals surface area (Å²) in [6, 6.07) is 0.643. The lowest BCUT2D eigenvalue weighted by Crippen LogP contribution is -2.43. The Morgan fingerprint density at radius 2 is 1.79 bits per heavy atom. The Balaban J connectivity index is 1.99. The first kappa shape index (κ1) is 15.1. The van der Waals surface area contributed by atoms with Gasteiger partial charge in [-0.2, -0.15) is 0 Å². The number of hydrogen-bond acceptors (Lipinski definition) is 1. The van der Waals surface area contributed by atoms with E-state index in [0.29, 0.717) is 6.04 Å². The smallest absolute Gasteiger partial charge is 0.00642 e. The van der Waals surface area contributed by atoms with Crippen LogP contribution in [0.3, 0.4) is 0 Å². The zero-order valence-corrected chi connectivity index (χ0v) is 13.6. The Morgan fingerprint density at radius 1 is 1.11 bits per heavy atom. The van der Waals surface area contributed by atoms with Crippen LogP contribution in [0.4, 0.5) is 0 Å². The summed E-state index contributed by atoms with van der Waals surface area (Å²) in [5, 5.41) is 3.45. The van der Waals surface area contributed by atoms with Gasteiger partial charge in [0, 0.05) is 6.04 Å². The van der Waals surface area contributed by atoms with Crippen molar-refractivity contribution >= 4 is 0 Å². The monoisotopic (exact) mass is 263 g/mol. The maximum absolute atomic E-state index is 3.45. The fraction of sp³-hybridized carbons (Fsp3) is 0.889. The van der Waals surface area contributed by atoms with Crippen LogP contribution in [0.5, 0.6) is 0 Å². The molecule has 1 nitrogen and oxygen atoms in total. The van der Waals surface area contributed by atoms with Crippen LogP contribution in [0.15, 0.2) is 11.6 Å². The minimum Gasteiger partial charge on any atom is -0.317 e. The highest BCUT2D eigenvalue weighted by atomic mass is 14.9. The Bertz CT molecular complexity index is 316. The van der Waals surface area contributed by atoms with E-state index in [1.807, 2.05) is 0 Å². The average molecular weight is 263 g/mol. The van der Waals surface area contributed by atoms with Crippen LogP contribution < -0.4 is 5.32 Å². The molecule has 0 aliphatic heterocycles. The van der Waals surface area contributed by atoms with Crippen molar-refractivity contribution in [1.29, 1.82) is 0 Å². The Morgan fingerprint density at radius 3 is 2.16 bits per heavy atom. The van der Waals surface area contributed by atoms with Crippen molar-refractivity contribution in [2.75, 3.05) is 7.05 Å². The first-order valence-electron chi connectivity index (χ1n) is 8.43. The molecular weight excluding hydrogens is 230 g/mol. The van der Waals surface area contributed by atoms with Gasteiger partial charge in [0.15, 0.2) is 0 Å². The normalized spacial score (nSPS) is 33.2. The molecule has 0 radical (unpaired) electrons. The third kappa shape index (κ3) is 2.91. The molecular formula is C18H33N. The lowest BCUT2D eigenvalue weighted by molar-refractivity contribution is 0.102. The summed E-state index contributed by atoms with van der Waals surface area (Å²) >= 11 is 0. The second-order valence-electron chi connectivity index (χ2n) is 7.05. The molecule has 1 heteroatoms. The lowest BCUT2D eigenvalue weighted by Gasteiger charge is -2.47. The summed E-state index contributed by atoms with van der Waals surface area (Å²) < 4.78 is 0. The maximum Gasteiger partial charge on any atom is 0.00642 e. The van der Waals surface area contributed by atoms with E-state index in [1.165, 1.54) is 32.1 Å². The van der Waals surface area contributed by atoms with Gasteiger partial charge in [-0.25, -0.2) is 0 Å². The molecule has 110 valence electrons. The molecule has 2 saturated carbocycles. The highest BCUT2D eigenvalue weighted by Crippen LogP contribution is 2.50. The topological polar surface area (TPSA) is 12.0 Å². The average Bonchev–Trinajstić information content (AvgIpc) is 2.30. The minimum atomic E-state index is 0.643. The summed E-state index contributed by atoms with van der Waals surface area (Å²) in [4.78, 5) is 0. The van der Waals surface area contributed by atoms with Crippen molar-refractivity contribution in [2.45, 2.75) is 65.8 Å². The van der Waals surface area contributed by atoms with Gasteiger partial charge in [-0.05, 0) is 76.2 Å². The van der Waals surface area contributed by atoms with E-state index in [-0.39, 0.29) is 0 Å². The third-order valence-electron chi connectivity index (χ3n) is 6.39. The summed E-state index contributed by atoms with van der Waals surface area (Å²) in [6.45, 7) is 9.54. The van der Waals surface area contributed by atoms with E-state index in [2.05, 4.69) is 46.1 Å². The molecule has 0 aromatic rings. The standard InChI is InChI=1S/C18H33N/c1-6-16(13(3)15-8-7-9-15)18-11-10-17(18)12(2)14(4)19-5/h6,12-15,17-19H,7-11H2,1-5H3. The van der Waals surface area contributed by atoms with Crippen LogP contribution in [0.1, 0.15) is 59.8 Å². The third-order valence-corrected chi connectivity index (χ3v) is 6.39. The SMILES string of the molecule is CC=C(C(C)C1CCC1)C1CCC1C(C)C(C)NC. The second-order valence-corrected chi connectivity index (χ2v) is 7.05. The zero-order chi connectivity index (χ0) is 14.0. The summed E-state index contributed by atoms with van der Waals surface area (Å²) in [5.41, 5.74) is 1.79. The molecule has 0 amide bonds. The van der Waals surface area contributed by atoms with Crippen LogP contribution in [0, 0.1) is 29.6 Å². The molecule has 0 aromatic carbocycles. The molecule has 1 N–H and O–H groups in total. The molecule has 2 fully saturated rings. The van der Waals surface area contributed by atoms with Gasteiger partial charge in [0.25, 0.3) is 0 Å². The van der Waals surface area contributed by atoms with Crippen molar-refractivity contribution in [1.82, 2.24) is 5.32 Å². The molecule has 2 rings (SSSR count). The zero-order valence-electron chi connectivity index (χ0n) is 13.6. The minimum absolute atomic E-state index is 0.643. The van der Waals surface area contributed by atoms with Gasteiger partial charge in [0.05, 0.1) is 0 Å². The molecule has 0 bridgehead atoms. The molecule has 2 aliphatic rings. The number of allylic oxidation sites excluding steroid dienone is 2. The Kier molecular flexibility index (Phi) is 5.11. The fourth-order valence-electron chi connectivity index (χ4n) is 4.23. The van der Waals surface area contributed by atoms with Crippen LogP contribution in [0.25, 0.3) is 0 Å². The van der Waals surface area contributed by atoms with Crippen molar-refractivity contribution in [3.05, 3.63) is 11.6 Å². The van der Waals surface area contributed by atoms with Crippen LogP contribution in [-0.4, -0.2) is 13.1 Å². The van der Waals surface area contributed by atoms with Crippen molar-refractivity contribution in [3.63, 3.8) is 0 Å². The van der Waals surface area contributed by atoms with Gasteiger partial charge in [-0.15, -0.1) is 0 Å². The number of hydrogen-bond donors (Lipinski definition) is 1.